The van der Waals surface area contributed by atoms with E-state index in [4.69, 9.17) is 4.74 Å². The Kier molecular flexibility index (Phi) is 5.10. The Hall–Kier alpha value is -0.980. The van der Waals surface area contributed by atoms with Crippen LogP contribution in [0.25, 0.3) is 0 Å². The van der Waals surface area contributed by atoms with Crippen molar-refractivity contribution < 1.29 is 9.66 Å². The van der Waals surface area contributed by atoms with Gasteiger partial charge in [0.15, 0.2) is 0 Å². The third kappa shape index (κ3) is 4.72. The van der Waals surface area contributed by atoms with E-state index in [1.165, 1.54) is 24.2 Å². The molecule has 0 atom stereocenters. The molecule has 0 aromatic carbocycles. The fourth-order valence-electron chi connectivity index (χ4n) is 1.62. The van der Waals surface area contributed by atoms with Crippen molar-refractivity contribution in [3.63, 3.8) is 0 Å². The average molecular weight is 270 g/mol. The molecule has 1 fully saturated rings. The van der Waals surface area contributed by atoms with Crippen LogP contribution in [0.2, 0.25) is 0 Å². The summed E-state index contributed by atoms with van der Waals surface area (Å²) < 4.78 is 5.52. The van der Waals surface area contributed by atoms with E-state index >= 15 is 0 Å². The van der Waals surface area contributed by atoms with E-state index in [1.807, 2.05) is 5.38 Å². The van der Waals surface area contributed by atoms with Crippen molar-refractivity contribution in [1.82, 2.24) is 5.32 Å². The molecule has 18 heavy (non-hydrogen) atoms. The lowest BCUT2D eigenvalue weighted by atomic mass is 10.3. The molecule has 2 rings (SSSR count). The first-order chi connectivity index (χ1) is 8.75. The normalized spacial score (nSPS) is 14.9. The van der Waals surface area contributed by atoms with Gasteiger partial charge < -0.3 is 10.1 Å². The van der Waals surface area contributed by atoms with Gasteiger partial charge in [-0.3, -0.25) is 10.1 Å². The molecule has 1 aliphatic carbocycles. The molecule has 0 radical (unpaired) electrons. The Morgan fingerprint density at radius 3 is 3.06 bits per heavy atom. The maximum atomic E-state index is 10.5. The number of hydrogen-bond donors (Lipinski definition) is 1. The summed E-state index contributed by atoms with van der Waals surface area (Å²) in [5.41, 5.74) is 0.977. The fourth-order valence-corrected chi connectivity index (χ4v) is 2.35. The van der Waals surface area contributed by atoms with Crippen LogP contribution in [0.4, 0.5) is 5.00 Å². The third-order valence-electron chi connectivity index (χ3n) is 2.84. The fraction of sp³-hybridized carbons (Fsp3) is 0.667. The summed E-state index contributed by atoms with van der Waals surface area (Å²) in [4.78, 5) is 10.2. The Morgan fingerprint density at radius 2 is 2.39 bits per heavy atom. The number of hydrogen-bond acceptors (Lipinski definition) is 5. The molecule has 0 saturated heterocycles. The molecule has 1 aromatic rings. The van der Waals surface area contributed by atoms with Crippen LogP contribution < -0.4 is 5.32 Å². The van der Waals surface area contributed by atoms with Crippen molar-refractivity contribution in [2.24, 2.45) is 5.92 Å². The van der Waals surface area contributed by atoms with Crippen molar-refractivity contribution in [3.05, 3.63) is 27.1 Å². The molecule has 5 nitrogen and oxygen atoms in total. The highest BCUT2D eigenvalue weighted by atomic mass is 32.1. The molecule has 0 unspecified atom stereocenters. The van der Waals surface area contributed by atoms with Crippen LogP contribution in [-0.2, 0) is 11.3 Å². The zero-order valence-electron chi connectivity index (χ0n) is 10.3. The number of ether oxygens (including phenoxy) is 1. The second-order valence-corrected chi connectivity index (χ2v) is 5.49. The molecule has 0 bridgehead atoms. The standard InChI is InChI=1S/C12H18N2O3S/c15-14(16)12-6-11(9-18-12)7-13-4-1-5-17-8-10-2-3-10/h6,9-10,13H,1-5,7-8H2. The molecule has 100 valence electrons. The Labute approximate surface area is 110 Å². The molecule has 1 aliphatic rings. The molecule has 1 heterocycles. The lowest BCUT2D eigenvalue weighted by molar-refractivity contribution is -0.380. The first kappa shape index (κ1) is 13.5. The molecule has 1 N–H and O–H groups in total. The molecular formula is C12H18N2O3S. The van der Waals surface area contributed by atoms with Crippen LogP contribution in [0.3, 0.4) is 0 Å². The number of nitrogens with one attached hydrogen (secondary N) is 1. The lowest BCUT2D eigenvalue weighted by Gasteiger charge is -2.04. The molecule has 0 spiro atoms. The summed E-state index contributed by atoms with van der Waals surface area (Å²) >= 11 is 1.18. The molecule has 0 aliphatic heterocycles. The van der Waals surface area contributed by atoms with E-state index < -0.39 is 0 Å². The predicted octanol–water partition coefficient (Wildman–Crippen LogP) is 2.56. The molecule has 6 heteroatoms. The van der Waals surface area contributed by atoms with Gasteiger partial charge in [0.2, 0.25) is 0 Å². The van der Waals surface area contributed by atoms with Crippen molar-refractivity contribution in [1.29, 1.82) is 0 Å². The smallest absolute Gasteiger partial charge is 0.324 e. The molecule has 1 saturated carbocycles. The highest BCUT2D eigenvalue weighted by Gasteiger charge is 2.20. The van der Waals surface area contributed by atoms with Crippen molar-refractivity contribution in [2.45, 2.75) is 25.8 Å². The van der Waals surface area contributed by atoms with Gasteiger partial charge in [-0.25, -0.2) is 0 Å². The summed E-state index contributed by atoms with van der Waals surface area (Å²) in [7, 11) is 0. The van der Waals surface area contributed by atoms with Gasteiger partial charge in [0.25, 0.3) is 0 Å². The summed E-state index contributed by atoms with van der Waals surface area (Å²) in [6, 6.07) is 1.63. The van der Waals surface area contributed by atoms with Gasteiger partial charge in [-0.1, -0.05) is 11.3 Å². The number of nitro groups is 1. The van der Waals surface area contributed by atoms with Gasteiger partial charge in [0, 0.05) is 31.2 Å². The van der Waals surface area contributed by atoms with E-state index in [2.05, 4.69) is 5.32 Å². The first-order valence-electron chi connectivity index (χ1n) is 6.26. The minimum atomic E-state index is -0.347. The minimum Gasteiger partial charge on any atom is -0.381 e. The average Bonchev–Trinajstić information content (AvgIpc) is 3.04. The highest BCUT2D eigenvalue weighted by molar-refractivity contribution is 7.13. The lowest BCUT2D eigenvalue weighted by Crippen LogP contribution is -2.16. The van der Waals surface area contributed by atoms with Crippen molar-refractivity contribution in [3.8, 4) is 0 Å². The van der Waals surface area contributed by atoms with Crippen molar-refractivity contribution >= 4 is 16.3 Å². The van der Waals surface area contributed by atoms with E-state index in [0.29, 0.717) is 6.54 Å². The monoisotopic (exact) mass is 270 g/mol. The van der Waals surface area contributed by atoms with Gasteiger partial charge in [-0.15, -0.1) is 0 Å². The van der Waals surface area contributed by atoms with Gasteiger partial charge in [0.05, 0.1) is 4.92 Å². The van der Waals surface area contributed by atoms with Gasteiger partial charge in [0.1, 0.15) is 0 Å². The van der Waals surface area contributed by atoms with Gasteiger partial charge in [-0.05, 0) is 37.3 Å². The summed E-state index contributed by atoms with van der Waals surface area (Å²) in [6.45, 7) is 3.28. The molecular weight excluding hydrogens is 252 g/mol. The maximum absolute atomic E-state index is 10.5. The van der Waals surface area contributed by atoms with E-state index in [0.717, 1.165) is 37.7 Å². The third-order valence-corrected chi connectivity index (χ3v) is 3.77. The first-order valence-corrected chi connectivity index (χ1v) is 7.14. The Balaban J connectivity index is 1.49. The predicted molar refractivity (Wildman–Crippen MR) is 70.8 cm³/mol. The van der Waals surface area contributed by atoms with E-state index in [1.54, 1.807) is 6.07 Å². The van der Waals surface area contributed by atoms with Crippen LogP contribution in [0.5, 0.6) is 0 Å². The van der Waals surface area contributed by atoms with Gasteiger partial charge >= 0.3 is 5.00 Å². The van der Waals surface area contributed by atoms with Crippen molar-refractivity contribution in [2.75, 3.05) is 19.8 Å². The van der Waals surface area contributed by atoms with E-state index in [9.17, 15) is 10.1 Å². The largest absolute Gasteiger partial charge is 0.381 e. The maximum Gasteiger partial charge on any atom is 0.324 e. The zero-order chi connectivity index (χ0) is 12.8. The second kappa shape index (κ2) is 6.82. The minimum absolute atomic E-state index is 0.208. The second-order valence-electron chi connectivity index (χ2n) is 4.60. The Morgan fingerprint density at radius 1 is 1.56 bits per heavy atom. The van der Waals surface area contributed by atoms with Crippen LogP contribution in [0.1, 0.15) is 24.8 Å². The van der Waals surface area contributed by atoms with Crippen LogP contribution >= 0.6 is 11.3 Å². The Bertz CT molecular complexity index is 390. The highest BCUT2D eigenvalue weighted by Crippen LogP contribution is 2.28. The quantitative estimate of drug-likeness (QED) is 0.425. The van der Waals surface area contributed by atoms with Crippen LogP contribution in [0, 0.1) is 16.0 Å². The number of thiophene rings is 1. The topological polar surface area (TPSA) is 64.4 Å². The zero-order valence-corrected chi connectivity index (χ0v) is 11.1. The molecule has 1 aromatic heterocycles. The summed E-state index contributed by atoms with van der Waals surface area (Å²) in [6.07, 6.45) is 3.64. The SMILES string of the molecule is O=[N+]([O-])c1cc(CNCCCOCC2CC2)cs1. The van der Waals surface area contributed by atoms with Crippen LogP contribution in [-0.4, -0.2) is 24.7 Å². The van der Waals surface area contributed by atoms with Gasteiger partial charge in [-0.2, -0.15) is 0 Å². The summed E-state index contributed by atoms with van der Waals surface area (Å²) in [5.74, 6) is 0.823. The number of nitrogens with zero attached hydrogens (tertiary/aromatic N) is 1. The van der Waals surface area contributed by atoms with E-state index in [-0.39, 0.29) is 9.92 Å². The number of rotatable bonds is 9. The summed E-state index contributed by atoms with van der Waals surface area (Å²) in [5, 5.41) is 15.8. The molecule has 0 amide bonds. The van der Waals surface area contributed by atoms with Crippen LogP contribution in [0.15, 0.2) is 11.4 Å².